The van der Waals surface area contributed by atoms with Crippen LogP contribution in [0.4, 0.5) is 0 Å². The Morgan fingerprint density at radius 3 is 3.00 bits per heavy atom. The monoisotopic (exact) mass is 290 g/mol. The van der Waals surface area contributed by atoms with Gasteiger partial charge in [-0.1, -0.05) is 6.07 Å². The summed E-state index contributed by atoms with van der Waals surface area (Å²) in [5.74, 6) is -0.264. The molecule has 0 aliphatic rings. The zero-order valence-corrected chi connectivity index (χ0v) is 12.4. The fourth-order valence-corrected chi connectivity index (χ4v) is 2.60. The van der Waals surface area contributed by atoms with Crippen LogP contribution >= 0.6 is 11.3 Å². The van der Waals surface area contributed by atoms with E-state index >= 15 is 0 Å². The highest BCUT2D eigenvalue weighted by atomic mass is 32.1. The second kappa shape index (κ2) is 7.17. The van der Waals surface area contributed by atoms with E-state index in [1.807, 2.05) is 37.4 Å². The van der Waals surface area contributed by atoms with Crippen LogP contribution in [0.2, 0.25) is 0 Å². The molecule has 0 spiro atoms. The molecule has 0 aliphatic carbocycles. The van der Waals surface area contributed by atoms with E-state index in [1.165, 1.54) is 4.88 Å². The highest BCUT2D eigenvalue weighted by Gasteiger charge is 2.23. The van der Waals surface area contributed by atoms with Gasteiger partial charge in [0.15, 0.2) is 0 Å². The lowest BCUT2D eigenvalue weighted by molar-refractivity contribution is -0.145. The van der Waals surface area contributed by atoms with Crippen LogP contribution in [-0.4, -0.2) is 17.6 Å². The van der Waals surface area contributed by atoms with Crippen molar-refractivity contribution in [1.82, 2.24) is 10.3 Å². The van der Waals surface area contributed by atoms with E-state index in [4.69, 9.17) is 4.74 Å². The van der Waals surface area contributed by atoms with Crippen molar-refractivity contribution in [2.75, 3.05) is 6.61 Å². The molecule has 1 N–H and O–H groups in total. The molecule has 5 heteroatoms. The van der Waals surface area contributed by atoms with E-state index in [-0.39, 0.29) is 5.97 Å². The van der Waals surface area contributed by atoms with Crippen LogP contribution in [0, 0.1) is 6.92 Å². The largest absolute Gasteiger partial charge is 0.465 e. The Hall–Kier alpha value is -1.72. The van der Waals surface area contributed by atoms with Crippen molar-refractivity contribution in [3.05, 3.63) is 52.0 Å². The first kappa shape index (κ1) is 14.7. The third-order valence-corrected chi connectivity index (χ3v) is 3.85. The molecule has 4 nitrogen and oxygen atoms in total. The normalized spacial score (nSPS) is 12.1. The lowest BCUT2D eigenvalue weighted by atomic mass is 10.0. The molecule has 20 heavy (non-hydrogen) atoms. The first-order valence-electron chi connectivity index (χ1n) is 6.55. The molecule has 1 atom stereocenters. The van der Waals surface area contributed by atoms with E-state index in [1.54, 1.807) is 23.7 Å². The fourth-order valence-electron chi connectivity index (χ4n) is 1.94. The van der Waals surface area contributed by atoms with Crippen molar-refractivity contribution in [3.8, 4) is 0 Å². The minimum absolute atomic E-state index is 0.264. The molecule has 0 saturated carbocycles. The van der Waals surface area contributed by atoms with Crippen LogP contribution in [0.3, 0.4) is 0 Å². The van der Waals surface area contributed by atoms with Gasteiger partial charge < -0.3 is 4.74 Å². The maximum absolute atomic E-state index is 12.1. The molecule has 106 valence electrons. The minimum Gasteiger partial charge on any atom is -0.465 e. The topological polar surface area (TPSA) is 51.2 Å². The van der Waals surface area contributed by atoms with Gasteiger partial charge in [-0.15, -0.1) is 11.3 Å². The average Bonchev–Trinajstić information content (AvgIpc) is 2.94. The van der Waals surface area contributed by atoms with Gasteiger partial charge in [-0.25, -0.2) is 4.79 Å². The molecule has 0 saturated heterocycles. The number of hydrogen-bond donors (Lipinski definition) is 1. The first-order chi connectivity index (χ1) is 9.72. The van der Waals surface area contributed by atoms with Crippen molar-refractivity contribution in [2.24, 2.45) is 0 Å². The molecule has 2 aromatic rings. The number of aromatic nitrogens is 1. The lowest BCUT2D eigenvalue weighted by Crippen LogP contribution is -2.30. The van der Waals surface area contributed by atoms with Crippen molar-refractivity contribution >= 4 is 17.3 Å². The summed E-state index contributed by atoms with van der Waals surface area (Å²) in [7, 11) is 0. The number of nitrogens with zero attached hydrogens (tertiary/aromatic N) is 1. The number of pyridine rings is 1. The molecular weight excluding hydrogens is 272 g/mol. The molecular formula is C15H18N2O2S. The Kier molecular flexibility index (Phi) is 5.26. The van der Waals surface area contributed by atoms with Gasteiger partial charge in [0.2, 0.25) is 0 Å². The molecule has 1 unspecified atom stereocenters. The van der Waals surface area contributed by atoms with E-state index in [2.05, 4.69) is 10.3 Å². The van der Waals surface area contributed by atoms with Crippen molar-refractivity contribution in [3.63, 3.8) is 0 Å². The molecule has 0 aromatic carbocycles. The molecule has 2 aromatic heterocycles. The van der Waals surface area contributed by atoms with Gasteiger partial charge in [-0.2, -0.15) is 0 Å². The average molecular weight is 290 g/mol. The second-order valence-corrected chi connectivity index (χ2v) is 5.41. The Morgan fingerprint density at radius 1 is 1.50 bits per heavy atom. The standard InChI is InChI=1S/C15H18N2O2S/c1-3-19-15(18)14(13-10-16-7-6-11(13)2)17-9-12-5-4-8-20-12/h4-8,10,14,17H,3,9H2,1-2H3. The van der Waals surface area contributed by atoms with Gasteiger partial charge in [0, 0.05) is 29.4 Å². The number of hydrogen-bond acceptors (Lipinski definition) is 5. The van der Waals surface area contributed by atoms with Gasteiger partial charge in [-0.3, -0.25) is 10.3 Å². The second-order valence-electron chi connectivity index (χ2n) is 4.38. The zero-order chi connectivity index (χ0) is 14.4. The molecule has 0 aliphatic heterocycles. The van der Waals surface area contributed by atoms with E-state index < -0.39 is 6.04 Å². The molecule has 0 bridgehead atoms. The highest BCUT2D eigenvalue weighted by molar-refractivity contribution is 7.09. The molecule has 2 heterocycles. The Labute approximate surface area is 122 Å². The molecule has 0 fully saturated rings. The maximum Gasteiger partial charge on any atom is 0.327 e. The van der Waals surface area contributed by atoms with Crippen LogP contribution in [0.15, 0.2) is 36.0 Å². The fraction of sp³-hybridized carbons (Fsp3) is 0.333. The summed E-state index contributed by atoms with van der Waals surface area (Å²) in [6, 6.07) is 5.45. The molecule has 2 rings (SSSR count). The molecule has 0 amide bonds. The van der Waals surface area contributed by atoms with Crippen LogP contribution < -0.4 is 5.32 Å². The quantitative estimate of drug-likeness (QED) is 0.831. The summed E-state index contributed by atoms with van der Waals surface area (Å²) >= 11 is 1.66. The Bertz CT molecular complexity index is 555. The van der Waals surface area contributed by atoms with Crippen LogP contribution in [0.25, 0.3) is 0 Å². The SMILES string of the molecule is CCOC(=O)C(NCc1cccs1)c1cnccc1C. The minimum atomic E-state index is -0.481. The van der Waals surface area contributed by atoms with Gasteiger partial charge in [0.1, 0.15) is 6.04 Å². The number of aryl methyl sites for hydroxylation is 1. The van der Waals surface area contributed by atoms with Gasteiger partial charge in [0.05, 0.1) is 6.61 Å². The number of carbonyl (C=O) groups excluding carboxylic acids is 1. The smallest absolute Gasteiger partial charge is 0.327 e. The third-order valence-electron chi connectivity index (χ3n) is 2.97. The van der Waals surface area contributed by atoms with E-state index in [9.17, 15) is 4.79 Å². The summed E-state index contributed by atoms with van der Waals surface area (Å²) in [6.45, 7) is 4.78. The number of rotatable bonds is 6. The number of thiophene rings is 1. The van der Waals surface area contributed by atoms with E-state index in [0.717, 1.165) is 11.1 Å². The summed E-state index contributed by atoms with van der Waals surface area (Å²) < 4.78 is 5.16. The number of nitrogens with one attached hydrogen (secondary N) is 1. The Morgan fingerprint density at radius 2 is 2.35 bits per heavy atom. The summed E-state index contributed by atoms with van der Waals surface area (Å²) in [5, 5.41) is 5.28. The number of ether oxygens (including phenoxy) is 1. The summed E-state index contributed by atoms with van der Waals surface area (Å²) in [6.07, 6.45) is 3.44. The van der Waals surface area contributed by atoms with E-state index in [0.29, 0.717) is 13.2 Å². The summed E-state index contributed by atoms with van der Waals surface area (Å²) in [5.41, 5.74) is 1.89. The third kappa shape index (κ3) is 3.65. The maximum atomic E-state index is 12.1. The molecule has 0 radical (unpaired) electrons. The van der Waals surface area contributed by atoms with Gasteiger partial charge in [0.25, 0.3) is 0 Å². The van der Waals surface area contributed by atoms with Crippen LogP contribution in [0.5, 0.6) is 0 Å². The van der Waals surface area contributed by atoms with Crippen molar-refractivity contribution in [1.29, 1.82) is 0 Å². The van der Waals surface area contributed by atoms with Gasteiger partial charge >= 0.3 is 5.97 Å². The van der Waals surface area contributed by atoms with Gasteiger partial charge in [-0.05, 0) is 36.9 Å². The first-order valence-corrected chi connectivity index (χ1v) is 7.43. The van der Waals surface area contributed by atoms with Crippen LogP contribution in [0.1, 0.15) is 29.0 Å². The highest BCUT2D eigenvalue weighted by Crippen LogP contribution is 2.19. The predicted octanol–water partition coefficient (Wildman–Crippen LogP) is 2.85. The van der Waals surface area contributed by atoms with Crippen molar-refractivity contribution in [2.45, 2.75) is 26.4 Å². The van der Waals surface area contributed by atoms with Crippen molar-refractivity contribution < 1.29 is 9.53 Å². The number of esters is 1. The zero-order valence-electron chi connectivity index (χ0n) is 11.6. The lowest BCUT2D eigenvalue weighted by Gasteiger charge is -2.18. The van der Waals surface area contributed by atoms with Crippen LogP contribution in [-0.2, 0) is 16.1 Å². The predicted molar refractivity (Wildman–Crippen MR) is 79.5 cm³/mol. The Balaban J connectivity index is 2.16. The summed E-state index contributed by atoms with van der Waals surface area (Å²) in [4.78, 5) is 17.4. The number of carbonyl (C=O) groups is 1.